The smallest absolute Gasteiger partial charge is 0.319 e. The summed E-state index contributed by atoms with van der Waals surface area (Å²) >= 11 is 0. The summed E-state index contributed by atoms with van der Waals surface area (Å²) < 4.78 is 10.8. The molecule has 0 heterocycles. The van der Waals surface area contributed by atoms with Gasteiger partial charge < -0.3 is 20.1 Å². The van der Waals surface area contributed by atoms with Crippen LogP contribution in [0.1, 0.15) is 25.0 Å². The molecule has 2 aromatic rings. The number of benzene rings is 2. The van der Waals surface area contributed by atoms with Crippen molar-refractivity contribution in [3.8, 4) is 5.75 Å². The molecule has 128 valence electrons. The lowest BCUT2D eigenvalue weighted by Crippen LogP contribution is -2.28. The van der Waals surface area contributed by atoms with Crippen molar-refractivity contribution < 1.29 is 14.3 Å². The molecule has 0 spiro atoms. The molecule has 0 saturated heterocycles. The molecule has 2 amide bonds. The zero-order valence-electron chi connectivity index (χ0n) is 14.3. The Morgan fingerprint density at radius 1 is 1.12 bits per heavy atom. The number of anilines is 1. The van der Waals surface area contributed by atoms with Crippen LogP contribution in [0.25, 0.3) is 0 Å². The molecule has 0 fully saturated rings. The highest BCUT2D eigenvalue weighted by Gasteiger charge is 2.06. The van der Waals surface area contributed by atoms with Gasteiger partial charge in [0.15, 0.2) is 0 Å². The lowest BCUT2D eigenvalue weighted by molar-refractivity contribution is 0.185. The van der Waals surface area contributed by atoms with Gasteiger partial charge >= 0.3 is 6.03 Å². The van der Waals surface area contributed by atoms with Crippen molar-refractivity contribution in [1.82, 2.24) is 5.32 Å². The molecule has 0 aliphatic heterocycles. The highest BCUT2D eigenvalue weighted by Crippen LogP contribution is 2.16. The monoisotopic (exact) mass is 328 g/mol. The minimum absolute atomic E-state index is 0.119. The number of nitrogens with one attached hydrogen (secondary N) is 2. The Labute approximate surface area is 143 Å². The van der Waals surface area contributed by atoms with E-state index in [1.54, 1.807) is 7.11 Å². The van der Waals surface area contributed by atoms with Gasteiger partial charge in [-0.25, -0.2) is 4.79 Å². The molecule has 0 saturated carbocycles. The van der Waals surface area contributed by atoms with E-state index in [0.717, 1.165) is 22.6 Å². The molecule has 0 aromatic heterocycles. The average molecular weight is 328 g/mol. The van der Waals surface area contributed by atoms with Crippen LogP contribution in [0.3, 0.4) is 0 Å². The second-order valence-electron chi connectivity index (χ2n) is 5.71. The lowest BCUT2D eigenvalue weighted by Gasteiger charge is -2.13. The highest BCUT2D eigenvalue weighted by atomic mass is 16.5. The van der Waals surface area contributed by atoms with Crippen LogP contribution in [-0.4, -0.2) is 19.2 Å². The van der Waals surface area contributed by atoms with Gasteiger partial charge in [-0.3, -0.25) is 0 Å². The standard InChI is InChI=1S/C19H24N2O3/c1-14(2)24-17-9-6-7-15(11-17)12-20-19(22)21-18-10-5-4-8-16(18)13-23-3/h4-11,14H,12-13H2,1-3H3,(H2,20,21,22). The first-order valence-electron chi connectivity index (χ1n) is 7.95. The largest absolute Gasteiger partial charge is 0.491 e. The van der Waals surface area contributed by atoms with E-state index in [-0.39, 0.29) is 12.1 Å². The summed E-state index contributed by atoms with van der Waals surface area (Å²) in [5.74, 6) is 0.801. The van der Waals surface area contributed by atoms with E-state index in [2.05, 4.69) is 10.6 Å². The summed E-state index contributed by atoms with van der Waals surface area (Å²) in [5, 5.41) is 5.70. The van der Waals surface area contributed by atoms with E-state index >= 15 is 0 Å². The van der Waals surface area contributed by atoms with Gasteiger partial charge in [0.05, 0.1) is 12.7 Å². The van der Waals surface area contributed by atoms with E-state index in [4.69, 9.17) is 9.47 Å². The summed E-state index contributed by atoms with van der Waals surface area (Å²) in [6, 6.07) is 15.0. The average Bonchev–Trinajstić information content (AvgIpc) is 2.55. The van der Waals surface area contributed by atoms with Crippen molar-refractivity contribution in [3.05, 3.63) is 59.7 Å². The predicted octanol–water partition coefficient (Wildman–Crippen LogP) is 3.94. The fourth-order valence-corrected chi connectivity index (χ4v) is 2.27. The molecule has 5 nitrogen and oxygen atoms in total. The second kappa shape index (κ2) is 8.93. The number of urea groups is 1. The SMILES string of the molecule is COCc1ccccc1NC(=O)NCc1cccc(OC(C)C)c1. The molecular weight excluding hydrogens is 304 g/mol. The van der Waals surface area contributed by atoms with Crippen LogP contribution in [0.5, 0.6) is 5.75 Å². The van der Waals surface area contributed by atoms with Gasteiger partial charge in [0.2, 0.25) is 0 Å². The van der Waals surface area contributed by atoms with Crippen LogP contribution in [0.4, 0.5) is 10.5 Å². The van der Waals surface area contributed by atoms with E-state index in [1.807, 2.05) is 62.4 Å². The number of hydrogen-bond donors (Lipinski definition) is 2. The summed E-state index contributed by atoms with van der Waals surface area (Å²) in [5.41, 5.74) is 2.66. The Balaban J connectivity index is 1.92. The van der Waals surface area contributed by atoms with E-state index in [0.29, 0.717) is 13.2 Å². The van der Waals surface area contributed by atoms with Crippen molar-refractivity contribution >= 4 is 11.7 Å². The van der Waals surface area contributed by atoms with Gasteiger partial charge in [-0.05, 0) is 37.6 Å². The van der Waals surface area contributed by atoms with Crippen molar-refractivity contribution in [2.45, 2.75) is 33.1 Å². The second-order valence-corrected chi connectivity index (χ2v) is 5.71. The van der Waals surface area contributed by atoms with Gasteiger partial charge in [-0.2, -0.15) is 0 Å². The Morgan fingerprint density at radius 3 is 2.67 bits per heavy atom. The number of para-hydroxylation sites is 1. The van der Waals surface area contributed by atoms with Crippen LogP contribution in [0, 0.1) is 0 Å². The summed E-state index contributed by atoms with van der Waals surface area (Å²) in [6.07, 6.45) is 0.119. The van der Waals surface area contributed by atoms with Crippen LogP contribution >= 0.6 is 0 Å². The van der Waals surface area contributed by atoms with Crippen LogP contribution in [-0.2, 0) is 17.9 Å². The van der Waals surface area contributed by atoms with E-state index < -0.39 is 0 Å². The Kier molecular flexibility index (Phi) is 6.63. The predicted molar refractivity (Wildman–Crippen MR) is 95.2 cm³/mol. The molecule has 2 N–H and O–H groups in total. The number of hydrogen-bond acceptors (Lipinski definition) is 3. The van der Waals surface area contributed by atoms with Crippen molar-refractivity contribution in [2.24, 2.45) is 0 Å². The number of carbonyl (C=O) groups excluding carboxylic acids is 1. The molecular formula is C19H24N2O3. The van der Waals surface area contributed by atoms with Gasteiger partial charge in [0.25, 0.3) is 0 Å². The molecule has 24 heavy (non-hydrogen) atoms. The first kappa shape index (κ1) is 17.8. The third-order valence-corrected chi connectivity index (χ3v) is 3.29. The molecule has 0 bridgehead atoms. The summed E-state index contributed by atoms with van der Waals surface area (Å²) in [6.45, 7) is 4.84. The number of methoxy groups -OCH3 is 1. The Morgan fingerprint density at radius 2 is 1.92 bits per heavy atom. The Hall–Kier alpha value is -2.53. The molecule has 2 aromatic carbocycles. The quantitative estimate of drug-likeness (QED) is 0.809. The van der Waals surface area contributed by atoms with Gasteiger partial charge in [0, 0.05) is 24.9 Å². The maximum Gasteiger partial charge on any atom is 0.319 e. The molecule has 0 aliphatic carbocycles. The minimum Gasteiger partial charge on any atom is -0.491 e. The number of rotatable bonds is 7. The maximum absolute atomic E-state index is 12.1. The van der Waals surface area contributed by atoms with Crippen LogP contribution < -0.4 is 15.4 Å². The van der Waals surface area contributed by atoms with Gasteiger partial charge in [-0.1, -0.05) is 30.3 Å². The molecule has 0 aliphatic rings. The van der Waals surface area contributed by atoms with E-state index in [9.17, 15) is 4.79 Å². The van der Waals surface area contributed by atoms with Crippen LogP contribution in [0.2, 0.25) is 0 Å². The zero-order chi connectivity index (χ0) is 17.4. The first-order valence-corrected chi connectivity index (χ1v) is 7.95. The fourth-order valence-electron chi connectivity index (χ4n) is 2.27. The van der Waals surface area contributed by atoms with Crippen molar-refractivity contribution in [2.75, 3.05) is 12.4 Å². The molecule has 0 radical (unpaired) electrons. The third kappa shape index (κ3) is 5.59. The number of carbonyl (C=O) groups is 1. The van der Waals surface area contributed by atoms with Crippen molar-refractivity contribution in [1.29, 1.82) is 0 Å². The van der Waals surface area contributed by atoms with Gasteiger partial charge in [-0.15, -0.1) is 0 Å². The zero-order valence-corrected chi connectivity index (χ0v) is 14.3. The molecule has 0 unspecified atom stereocenters. The summed E-state index contributed by atoms with van der Waals surface area (Å²) in [4.78, 5) is 12.1. The fraction of sp³-hybridized carbons (Fsp3) is 0.316. The number of ether oxygens (including phenoxy) is 2. The lowest BCUT2D eigenvalue weighted by atomic mass is 10.2. The van der Waals surface area contributed by atoms with Crippen molar-refractivity contribution in [3.63, 3.8) is 0 Å². The highest BCUT2D eigenvalue weighted by molar-refractivity contribution is 5.90. The molecule has 5 heteroatoms. The normalized spacial score (nSPS) is 10.5. The summed E-state index contributed by atoms with van der Waals surface area (Å²) in [7, 11) is 1.63. The first-order chi connectivity index (χ1) is 11.6. The molecule has 0 atom stereocenters. The minimum atomic E-state index is -0.256. The topological polar surface area (TPSA) is 59.6 Å². The van der Waals surface area contributed by atoms with Gasteiger partial charge in [0.1, 0.15) is 5.75 Å². The van der Waals surface area contributed by atoms with E-state index in [1.165, 1.54) is 0 Å². The third-order valence-electron chi connectivity index (χ3n) is 3.29. The Bertz CT molecular complexity index is 671. The molecule has 2 rings (SSSR count). The number of amides is 2. The van der Waals surface area contributed by atoms with Crippen LogP contribution in [0.15, 0.2) is 48.5 Å². The maximum atomic E-state index is 12.1.